The number of carboxylic acid groups (broad SMARTS) is 1. The highest BCUT2D eigenvalue weighted by atomic mass is 16.5. The van der Waals surface area contributed by atoms with Crippen LogP contribution in [-0.2, 0) is 17.8 Å². The van der Waals surface area contributed by atoms with Gasteiger partial charge in [0, 0.05) is 0 Å². The summed E-state index contributed by atoms with van der Waals surface area (Å²) in [6, 6.07) is 7.56. The van der Waals surface area contributed by atoms with Gasteiger partial charge in [-0.3, -0.25) is 4.79 Å². The standard InChI is InChI=1S/C12H12N2O4/c1-8-3-2-4-9(5-8)17-7-10-13-11(18-14-10)6-12(15)16/h2-5H,6-7H2,1H3,(H,15,16). The average Bonchev–Trinajstić information content (AvgIpc) is 2.73. The summed E-state index contributed by atoms with van der Waals surface area (Å²) in [5.74, 6) is 0.0995. The zero-order chi connectivity index (χ0) is 13.0. The lowest BCUT2D eigenvalue weighted by molar-refractivity contribution is -0.136. The summed E-state index contributed by atoms with van der Waals surface area (Å²) in [5, 5.41) is 12.2. The monoisotopic (exact) mass is 248 g/mol. The fraction of sp³-hybridized carbons (Fsp3) is 0.250. The maximum Gasteiger partial charge on any atom is 0.312 e. The molecule has 6 heteroatoms. The minimum Gasteiger partial charge on any atom is -0.485 e. The lowest BCUT2D eigenvalue weighted by Crippen LogP contribution is -2.01. The van der Waals surface area contributed by atoms with E-state index in [2.05, 4.69) is 10.1 Å². The zero-order valence-electron chi connectivity index (χ0n) is 9.79. The molecule has 0 amide bonds. The molecule has 94 valence electrons. The number of carboxylic acids is 1. The molecule has 1 aromatic heterocycles. The molecule has 0 atom stereocenters. The third kappa shape index (κ3) is 3.31. The van der Waals surface area contributed by atoms with Gasteiger partial charge >= 0.3 is 5.97 Å². The van der Waals surface area contributed by atoms with Crippen molar-refractivity contribution >= 4 is 5.97 Å². The molecule has 0 aliphatic rings. The van der Waals surface area contributed by atoms with Gasteiger partial charge < -0.3 is 14.4 Å². The summed E-state index contributed by atoms with van der Waals surface area (Å²) in [6.07, 6.45) is -0.280. The first-order valence-corrected chi connectivity index (χ1v) is 5.36. The molecule has 0 unspecified atom stereocenters. The van der Waals surface area contributed by atoms with Crippen LogP contribution in [0.2, 0.25) is 0 Å². The third-order valence-electron chi connectivity index (χ3n) is 2.17. The summed E-state index contributed by atoms with van der Waals surface area (Å²) in [5.41, 5.74) is 1.09. The van der Waals surface area contributed by atoms with E-state index >= 15 is 0 Å². The van der Waals surface area contributed by atoms with Gasteiger partial charge in [-0.25, -0.2) is 0 Å². The quantitative estimate of drug-likeness (QED) is 0.864. The summed E-state index contributed by atoms with van der Waals surface area (Å²) >= 11 is 0. The molecule has 0 fully saturated rings. The first kappa shape index (κ1) is 12.1. The molecule has 18 heavy (non-hydrogen) atoms. The van der Waals surface area contributed by atoms with Crippen molar-refractivity contribution in [3.63, 3.8) is 0 Å². The number of ether oxygens (including phenoxy) is 1. The maximum absolute atomic E-state index is 10.4. The largest absolute Gasteiger partial charge is 0.485 e. The third-order valence-corrected chi connectivity index (χ3v) is 2.17. The zero-order valence-corrected chi connectivity index (χ0v) is 9.79. The molecule has 0 saturated heterocycles. The van der Waals surface area contributed by atoms with E-state index in [1.807, 2.05) is 31.2 Å². The Morgan fingerprint density at radius 3 is 3.06 bits per heavy atom. The smallest absolute Gasteiger partial charge is 0.312 e. The number of hydrogen-bond donors (Lipinski definition) is 1. The number of nitrogens with zero attached hydrogens (tertiary/aromatic N) is 2. The molecule has 0 saturated carbocycles. The van der Waals surface area contributed by atoms with Gasteiger partial charge in [-0.2, -0.15) is 4.98 Å². The fourth-order valence-corrected chi connectivity index (χ4v) is 1.40. The molecule has 1 heterocycles. The number of aryl methyl sites for hydroxylation is 1. The van der Waals surface area contributed by atoms with Crippen molar-refractivity contribution in [1.82, 2.24) is 10.1 Å². The van der Waals surface area contributed by atoms with Crippen LogP contribution in [0.4, 0.5) is 0 Å². The van der Waals surface area contributed by atoms with Gasteiger partial charge in [-0.15, -0.1) is 0 Å². The second-order valence-corrected chi connectivity index (χ2v) is 3.78. The van der Waals surface area contributed by atoms with Crippen molar-refractivity contribution in [2.45, 2.75) is 20.0 Å². The van der Waals surface area contributed by atoms with E-state index in [-0.39, 0.29) is 18.9 Å². The predicted molar refractivity (Wildman–Crippen MR) is 61.1 cm³/mol. The number of hydrogen-bond acceptors (Lipinski definition) is 5. The van der Waals surface area contributed by atoms with E-state index in [9.17, 15) is 4.79 Å². The summed E-state index contributed by atoms with van der Waals surface area (Å²) in [4.78, 5) is 14.3. The summed E-state index contributed by atoms with van der Waals surface area (Å²) < 4.78 is 10.2. The van der Waals surface area contributed by atoms with E-state index in [0.717, 1.165) is 5.56 Å². The van der Waals surface area contributed by atoms with Crippen LogP contribution >= 0.6 is 0 Å². The van der Waals surface area contributed by atoms with Crippen molar-refractivity contribution < 1.29 is 19.2 Å². The topological polar surface area (TPSA) is 85.5 Å². The van der Waals surface area contributed by atoms with Gasteiger partial charge in [-0.1, -0.05) is 17.3 Å². The van der Waals surface area contributed by atoms with Gasteiger partial charge in [0.15, 0.2) is 6.61 Å². The van der Waals surface area contributed by atoms with Crippen LogP contribution in [0.1, 0.15) is 17.3 Å². The highest BCUT2D eigenvalue weighted by Gasteiger charge is 2.10. The van der Waals surface area contributed by atoms with Crippen LogP contribution in [-0.4, -0.2) is 21.2 Å². The normalized spacial score (nSPS) is 10.3. The van der Waals surface area contributed by atoms with Crippen LogP contribution in [0.25, 0.3) is 0 Å². The lowest BCUT2D eigenvalue weighted by atomic mass is 10.2. The van der Waals surface area contributed by atoms with E-state index in [1.165, 1.54) is 0 Å². The highest BCUT2D eigenvalue weighted by Crippen LogP contribution is 2.13. The lowest BCUT2D eigenvalue weighted by Gasteiger charge is -2.03. The van der Waals surface area contributed by atoms with Crippen LogP contribution in [0.5, 0.6) is 5.75 Å². The van der Waals surface area contributed by atoms with Crippen LogP contribution < -0.4 is 4.74 Å². The highest BCUT2D eigenvalue weighted by molar-refractivity contribution is 5.68. The van der Waals surface area contributed by atoms with Crippen molar-refractivity contribution in [3.8, 4) is 5.75 Å². The Morgan fingerprint density at radius 1 is 1.50 bits per heavy atom. The Bertz CT molecular complexity index is 551. The Balaban J connectivity index is 1.94. The van der Waals surface area contributed by atoms with Gasteiger partial charge in [0.25, 0.3) is 0 Å². The minimum atomic E-state index is -1.01. The van der Waals surface area contributed by atoms with Gasteiger partial charge in [0.2, 0.25) is 11.7 Å². The fourth-order valence-electron chi connectivity index (χ4n) is 1.40. The molecule has 1 N–H and O–H groups in total. The molecule has 1 aromatic carbocycles. The van der Waals surface area contributed by atoms with E-state index < -0.39 is 5.97 Å². The number of carbonyl (C=O) groups is 1. The molecule has 0 aliphatic carbocycles. The Morgan fingerprint density at radius 2 is 2.33 bits per heavy atom. The van der Waals surface area contributed by atoms with Crippen molar-refractivity contribution in [2.24, 2.45) is 0 Å². The SMILES string of the molecule is Cc1cccc(OCc2noc(CC(=O)O)n2)c1. The first-order chi connectivity index (χ1) is 8.63. The first-order valence-electron chi connectivity index (χ1n) is 5.36. The van der Waals surface area contributed by atoms with Gasteiger partial charge in [0.05, 0.1) is 0 Å². The van der Waals surface area contributed by atoms with Gasteiger partial charge in [0.1, 0.15) is 12.2 Å². The molecular formula is C12H12N2O4. The van der Waals surface area contributed by atoms with Crippen molar-refractivity contribution in [1.29, 1.82) is 0 Å². The van der Waals surface area contributed by atoms with Crippen molar-refractivity contribution in [3.05, 3.63) is 41.5 Å². The van der Waals surface area contributed by atoms with Gasteiger partial charge in [-0.05, 0) is 24.6 Å². The van der Waals surface area contributed by atoms with Crippen molar-refractivity contribution in [2.75, 3.05) is 0 Å². The number of aromatic nitrogens is 2. The molecule has 0 spiro atoms. The minimum absolute atomic E-state index is 0.0744. The number of aliphatic carboxylic acids is 1. The Kier molecular flexibility index (Phi) is 3.57. The second kappa shape index (κ2) is 5.31. The van der Waals surface area contributed by atoms with E-state index in [0.29, 0.717) is 11.6 Å². The van der Waals surface area contributed by atoms with Crippen LogP contribution in [0, 0.1) is 6.92 Å². The number of benzene rings is 1. The molecule has 2 aromatic rings. The van der Waals surface area contributed by atoms with Crippen LogP contribution in [0.15, 0.2) is 28.8 Å². The molecule has 0 bridgehead atoms. The average molecular weight is 248 g/mol. The molecule has 0 aliphatic heterocycles. The van der Waals surface area contributed by atoms with Crippen LogP contribution in [0.3, 0.4) is 0 Å². The maximum atomic E-state index is 10.4. The Labute approximate surface area is 103 Å². The molecule has 0 radical (unpaired) electrons. The summed E-state index contributed by atoms with van der Waals surface area (Å²) in [6.45, 7) is 2.11. The predicted octanol–water partition coefficient (Wildman–Crippen LogP) is 1.58. The molecule has 6 nitrogen and oxygen atoms in total. The van der Waals surface area contributed by atoms with E-state index in [1.54, 1.807) is 0 Å². The number of rotatable bonds is 5. The summed E-state index contributed by atoms with van der Waals surface area (Å²) in [7, 11) is 0. The molecule has 2 rings (SSSR count). The second-order valence-electron chi connectivity index (χ2n) is 3.78. The van der Waals surface area contributed by atoms with E-state index in [4.69, 9.17) is 14.4 Å². The Hall–Kier alpha value is -2.37. The molecular weight excluding hydrogens is 236 g/mol.